The maximum Gasteiger partial charge on any atom is 0.262 e. The van der Waals surface area contributed by atoms with Crippen LogP contribution in [-0.4, -0.2) is 32.4 Å². The molecule has 0 N–H and O–H groups in total. The lowest BCUT2D eigenvalue weighted by Crippen LogP contribution is -2.36. The molecule has 26 heavy (non-hydrogen) atoms. The summed E-state index contributed by atoms with van der Waals surface area (Å²) in [5, 5.41) is 8.86. The van der Waals surface area contributed by atoms with Gasteiger partial charge in [-0.3, -0.25) is 14.1 Å². The summed E-state index contributed by atoms with van der Waals surface area (Å²) in [4.78, 5) is 23.6. The van der Waals surface area contributed by atoms with E-state index in [1.807, 2.05) is 29.2 Å². The second-order valence-corrected chi connectivity index (χ2v) is 6.07. The van der Waals surface area contributed by atoms with Gasteiger partial charge in [-0.05, 0) is 30.2 Å². The van der Waals surface area contributed by atoms with Gasteiger partial charge in [0.05, 0.1) is 23.9 Å². The zero-order chi connectivity index (χ0) is 17.9. The van der Waals surface area contributed by atoms with Gasteiger partial charge in [-0.1, -0.05) is 12.0 Å². The Morgan fingerprint density at radius 3 is 2.96 bits per heavy atom. The number of fused-ring (bicyclic) bond motifs is 2. The average molecular weight is 341 g/mol. The fraction of sp³-hybridized carbons (Fsp3) is 0.200. The van der Waals surface area contributed by atoms with Crippen molar-refractivity contribution < 1.29 is 0 Å². The second-order valence-electron chi connectivity index (χ2n) is 6.07. The van der Waals surface area contributed by atoms with Crippen molar-refractivity contribution in [1.82, 2.24) is 19.3 Å². The molecule has 0 aromatic carbocycles. The summed E-state index contributed by atoms with van der Waals surface area (Å²) in [7, 11) is 0. The summed E-state index contributed by atoms with van der Waals surface area (Å²) in [6.07, 6.45) is 4.08. The third-order valence-electron chi connectivity index (χ3n) is 4.35. The summed E-state index contributed by atoms with van der Waals surface area (Å²) >= 11 is 0. The molecule has 0 spiro atoms. The zero-order valence-electron chi connectivity index (χ0n) is 14.0. The Hall–Kier alpha value is -3.48. The average Bonchev–Trinajstić information content (AvgIpc) is 2.68. The summed E-state index contributed by atoms with van der Waals surface area (Å²) < 4.78 is 1.54. The SMILES string of the molecule is N#CCN1CCc2nc3cc(C#Cc4ccccn4)ccn3c(=O)c2C1. The molecule has 6 heteroatoms. The van der Waals surface area contributed by atoms with Crippen molar-refractivity contribution >= 4 is 5.65 Å². The van der Waals surface area contributed by atoms with Crippen LogP contribution < -0.4 is 5.56 Å². The fourth-order valence-electron chi connectivity index (χ4n) is 3.04. The molecular formula is C20H15N5O. The standard InChI is InChI=1S/C20H15N5O/c21-8-12-24-10-7-18-17(14-24)20(26)25-11-6-15(13-19(25)23-18)4-5-16-3-1-2-9-22-16/h1-3,6,9,11,13H,7,10,12,14H2. The number of hydrogen-bond acceptors (Lipinski definition) is 5. The quantitative estimate of drug-likeness (QED) is 0.494. The van der Waals surface area contributed by atoms with Gasteiger partial charge in [0.15, 0.2) is 0 Å². The first-order valence-corrected chi connectivity index (χ1v) is 8.31. The van der Waals surface area contributed by atoms with Gasteiger partial charge in [0.25, 0.3) is 5.56 Å². The van der Waals surface area contributed by atoms with Crippen molar-refractivity contribution in [1.29, 1.82) is 5.26 Å². The zero-order valence-corrected chi connectivity index (χ0v) is 14.0. The van der Waals surface area contributed by atoms with E-state index < -0.39 is 0 Å². The minimum atomic E-state index is -0.0723. The van der Waals surface area contributed by atoms with E-state index >= 15 is 0 Å². The molecule has 0 amide bonds. The van der Waals surface area contributed by atoms with Gasteiger partial charge >= 0.3 is 0 Å². The topological polar surface area (TPSA) is 74.3 Å². The largest absolute Gasteiger partial charge is 0.286 e. The molecular weight excluding hydrogens is 326 g/mol. The summed E-state index contributed by atoms with van der Waals surface area (Å²) in [5.41, 5.74) is 3.49. The number of aromatic nitrogens is 3. The van der Waals surface area contributed by atoms with Crippen LogP contribution in [0.3, 0.4) is 0 Å². The maximum absolute atomic E-state index is 12.8. The summed E-state index contributed by atoms with van der Waals surface area (Å²) in [6, 6.07) is 11.3. The molecule has 0 fully saturated rings. The fourth-order valence-corrected chi connectivity index (χ4v) is 3.04. The van der Waals surface area contributed by atoms with Crippen LogP contribution in [-0.2, 0) is 13.0 Å². The van der Waals surface area contributed by atoms with Crippen LogP contribution in [0.2, 0.25) is 0 Å². The van der Waals surface area contributed by atoms with Crippen LogP contribution in [0.5, 0.6) is 0 Å². The number of pyridine rings is 2. The van der Waals surface area contributed by atoms with E-state index in [1.165, 1.54) is 0 Å². The van der Waals surface area contributed by atoms with Crippen molar-refractivity contribution in [2.45, 2.75) is 13.0 Å². The van der Waals surface area contributed by atoms with Crippen molar-refractivity contribution in [2.75, 3.05) is 13.1 Å². The van der Waals surface area contributed by atoms with Crippen LogP contribution >= 0.6 is 0 Å². The maximum atomic E-state index is 12.8. The molecule has 0 unspecified atom stereocenters. The van der Waals surface area contributed by atoms with E-state index in [1.54, 1.807) is 22.9 Å². The van der Waals surface area contributed by atoms with Gasteiger partial charge in [-0.2, -0.15) is 5.26 Å². The van der Waals surface area contributed by atoms with Crippen LogP contribution in [0.4, 0.5) is 0 Å². The highest BCUT2D eigenvalue weighted by atomic mass is 16.1. The lowest BCUT2D eigenvalue weighted by Gasteiger charge is -2.25. The minimum absolute atomic E-state index is 0.0723. The molecule has 0 bridgehead atoms. The number of rotatable bonds is 1. The Kier molecular flexibility index (Phi) is 4.18. The van der Waals surface area contributed by atoms with E-state index in [-0.39, 0.29) is 5.56 Å². The first-order valence-electron chi connectivity index (χ1n) is 8.31. The van der Waals surface area contributed by atoms with E-state index in [0.717, 1.165) is 17.8 Å². The number of nitrogens with zero attached hydrogens (tertiary/aromatic N) is 5. The normalized spacial score (nSPS) is 13.5. The van der Waals surface area contributed by atoms with Crippen LogP contribution in [0, 0.1) is 23.2 Å². The molecule has 6 nitrogen and oxygen atoms in total. The first-order chi connectivity index (χ1) is 12.7. The lowest BCUT2D eigenvalue weighted by molar-refractivity contribution is 0.280. The highest BCUT2D eigenvalue weighted by molar-refractivity contribution is 5.50. The van der Waals surface area contributed by atoms with E-state index in [0.29, 0.717) is 36.4 Å². The highest BCUT2D eigenvalue weighted by Crippen LogP contribution is 2.15. The molecule has 0 atom stereocenters. The molecule has 3 aromatic rings. The van der Waals surface area contributed by atoms with Crippen LogP contribution in [0.25, 0.3) is 5.65 Å². The molecule has 3 aromatic heterocycles. The molecule has 0 aliphatic carbocycles. The molecule has 4 rings (SSSR count). The molecule has 0 saturated carbocycles. The third kappa shape index (κ3) is 3.06. The molecule has 0 saturated heterocycles. The lowest BCUT2D eigenvalue weighted by atomic mass is 10.1. The summed E-state index contributed by atoms with van der Waals surface area (Å²) in [5.74, 6) is 6.07. The van der Waals surface area contributed by atoms with Crippen molar-refractivity contribution in [3.8, 4) is 17.9 Å². The van der Waals surface area contributed by atoms with Gasteiger partial charge < -0.3 is 0 Å². The van der Waals surface area contributed by atoms with Crippen molar-refractivity contribution in [3.05, 3.63) is 75.6 Å². The Morgan fingerprint density at radius 2 is 2.15 bits per heavy atom. The summed E-state index contributed by atoms with van der Waals surface area (Å²) in [6.45, 7) is 1.53. The van der Waals surface area contributed by atoms with E-state index in [9.17, 15) is 4.79 Å². The second kappa shape index (κ2) is 6.79. The predicted molar refractivity (Wildman–Crippen MR) is 96.3 cm³/mol. The third-order valence-corrected chi connectivity index (χ3v) is 4.35. The van der Waals surface area contributed by atoms with Crippen molar-refractivity contribution in [2.24, 2.45) is 0 Å². The highest BCUT2D eigenvalue weighted by Gasteiger charge is 2.21. The van der Waals surface area contributed by atoms with Gasteiger partial charge in [-0.15, -0.1) is 0 Å². The van der Waals surface area contributed by atoms with Crippen LogP contribution in [0.15, 0.2) is 47.5 Å². The Labute approximate surface area is 150 Å². The molecule has 126 valence electrons. The smallest absolute Gasteiger partial charge is 0.262 e. The monoisotopic (exact) mass is 341 g/mol. The Bertz CT molecular complexity index is 1130. The van der Waals surface area contributed by atoms with Gasteiger partial charge in [0.1, 0.15) is 11.3 Å². The molecule has 4 heterocycles. The molecule has 0 radical (unpaired) electrons. The minimum Gasteiger partial charge on any atom is -0.286 e. The van der Waals surface area contributed by atoms with E-state index in [2.05, 4.69) is 27.9 Å². The van der Waals surface area contributed by atoms with Gasteiger partial charge in [-0.25, -0.2) is 9.97 Å². The molecule has 1 aliphatic heterocycles. The predicted octanol–water partition coefficient (Wildman–Crippen LogP) is 1.37. The number of hydrogen-bond donors (Lipinski definition) is 0. The Morgan fingerprint density at radius 1 is 1.23 bits per heavy atom. The van der Waals surface area contributed by atoms with Crippen LogP contribution in [0.1, 0.15) is 22.5 Å². The van der Waals surface area contributed by atoms with Crippen molar-refractivity contribution in [3.63, 3.8) is 0 Å². The Balaban J connectivity index is 1.72. The molecule has 1 aliphatic rings. The van der Waals surface area contributed by atoms with E-state index in [4.69, 9.17) is 5.26 Å². The van der Waals surface area contributed by atoms with Gasteiger partial charge in [0, 0.05) is 37.5 Å². The number of nitriles is 1. The first kappa shape index (κ1) is 16.0. The van der Waals surface area contributed by atoms with Gasteiger partial charge in [0.2, 0.25) is 0 Å².